The monoisotopic (exact) mass is 532 g/mol. The van der Waals surface area contributed by atoms with Crippen LogP contribution in [-0.2, 0) is 19.4 Å². The summed E-state index contributed by atoms with van der Waals surface area (Å²) >= 11 is 0. The van der Waals surface area contributed by atoms with E-state index in [1.54, 1.807) is 19.1 Å². The molecule has 10 heteroatoms. The summed E-state index contributed by atoms with van der Waals surface area (Å²) in [4.78, 5) is 13.3. The zero-order valence-corrected chi connectivity index (χ0v) is 21.4. The quantitative estimate of drug-likeness (QED) is 0.414. The third-order valence-corrected chi connectivity index (χ3v) is 6.34. The Hall–Kier alpha value is -4.47. The summed E-state index contributed by atoms with van der Waals surface area (Å²) in [5.74, 6) is -1.08. The van der Waals surface area contributed by atoms with Crippen molar-refractivity contribution in [3.05, 3.63) is 107 Å². The standard InChI is InChI=1S/C29H27F3N6O/c1-3-39-19-14-22(30)21(23(31)15-19)17-38-13-6-4-5-8-18(2)27(37-38)29-34-25-10-7-9-20(25)28(36-29)35-26-11-12-33-16-24(26)32/h4-6,8,11-12,14-16H,2-3,7,9-10,13,17H2,1H3,(H,33,34,35,36)/b6-4-,8-5-,37-27?. The van der Waals surface area contributed by atoms with Crippen LogP contribution in [0.4, 0.5) is 24.7 Å². The van der Waals surface area contributed by atoms with Crippen LogP contribution in [-0.4, -0.2) is 38.8 Å². The van der Waals surface area contributed by atoms with Crippen LogP contribution in [0.2, 0.25) is 0 Å². The number of pyridine rings is 1. The molecule has 39 heavy (non-hydrogen) atoms. The predicted molar refractivity (Wildman–Crippen MR) is 143 cm³/mol. The zero-order chi connectivity index (χ0) is 27.4. The first-order chi connectivity index (χ1) is 18.9. The molecule has 200 valence electrons. The topological polar surface area (TPSA) is 75.5 Å². The summed E-state index contributed by atoms with van der Waals surface area (Å²) < 4.78 is 49.4. The Kier molecular flexibility index (Phi) is 7.72. The number of hydrogen-bond donors (Lipinski definition) is 1. The summed E-state index contributed by atoms with van der Waals surface area (Å²) in [6.07, 6.45) is 12.2. The number of aromatic nitrogens is 3. The normalized spacial score (nSPS) is 16.6. The van der Waals surface area contributed by atoms with Crippen LogP contribution in [0.5, 0.6) is 5.75 Å². The van der Waals surface area contributed by atoms with E-state index in [1.165, 1.54) is 29.4 Å². The van der Waals surface area contributed by atoms with E-state index < -0.39 is 17.5 Å². The SMILES string of the molecule is C=C1/C=C\C=C/CN(Cc2c(F)cc(OCC)cc2F)N=C1c1nc2c(c(Nc3ccncc3F)n1)CCC2. The van der Waals surface area contributed by atoms with E-state index in [0.29, 0.717) is 23.7 Å². The van der Waals surface area contributed by atoms with Gasteiger partial charge in [0, 0.05) is 35.2 Å². The first-order valence-electron chi connectivity index (χ1n) is 12.7. The average molecular weight is 533 g/mol. The van der Waals surface area contributed by atoms with Gasteiger partial charge in [-0.1, -0.05) is 30.9 Å². The summed E-state index contributed by atoms with van der Waals surface area (Å²) in [6.45, 7) is 6.29. The lowest BCUT2D eigenvalue weighted by Gasteiger charge is -2.21. The summed E-state index contributed by atoms with van der Waals surface area (Å²) in [5, 5.41) is 9.33. The van der Waals surface area contributed by atoms with Crippen molar-refractivity contribution in [2.24, 2.45) is 5.10 Å². The van der Waals surface area contributed by atoms with Crippen molar-refractivity contribution in [1.29, 1.82) is 0 Å². The van der Waals surface area contributed by atoms with Gasteiger partial charge in [0.2, 0.25) is 0 Å². The van der Waals surface area contributed by atoms with Crippen molar-refractivity contribution in [3.8, 4) is 5.75 Å². The molecule has 7 nitrogen and oxygen atoms in total. The summed E-state index contributed by atoms with van der Waals surface area (Å²) in [6, 6.07) is 3.86. The first kappa shape index (κ1) is 26.1. The van der Waals surface area contributed by atoms with E-state index in [0.717, 1.165) is 36.7 Å². The van der Waals surface area contributed by atoms with Gasteiger partial charge in [-0.15, -0.1) is 0 Å². The molecule has 0 fully saturated rings. The lowest BCUT2D eigenvalue weighted by atomic mass is 10.1. The first-order valence-corrected chi connectivity index (χ1v) is 12.7. The molecule has 0 spiro atoms. The number of hydrogen-bond acceptors (Lipinski definition) is 7. The van der Waals surface area contributed by atoms with E-state index in [-0.39, 0.29) is 35.9 Å². The number of hydrazone groups is 1. The van der Waals surface area contributed by atoms with Gasteiger partial charge in [-0.3, -0.25) is 9.99 Å². The maximum atomic E-state index is 14.9. The number of aryl methyl sites for hydroxylation is 1. The molecule has 0 saturated carbocycles. The van der Waals surface area contributed by atoms with Gasteiger partial charge in [-0.25, -0.2) is 23.1 Å². The second kappa shape index (κ2) is 11.5. The Morgan fingerprint density at radius 3 is 2.67 bits per heavy atom. The molecule has 3 aromatic rings. The Bertz CT molecular complexity index is 1480. The number of ether oxygens (including phenoxy) is 1. The van der Waals surface area contributed by atoms with Crippen molar-refractivity contribution in [1.82, 2.24) is 20.0 Å². The van der Waals surface area contributed by atoms with E-state index in [9.17, 15) is 13.2 Å². The highest BCUT2D eigenvalue weighted by atomic mass is 19.1. The number of allylic oxidation sites excluding steroid dienone is 4. The Labute approximate surface area is 224 Å². The van der Waals surface area contributed by atoms with Crippen LogP contribution in [0.3, 0.4) is 0 Å². The van der Waals surface area contributed by atoms with Gasteiger partial charge in [0.05, 0.1) is 31.6 Å². The maximum Gasteiger partial charge on any atom is 0.182 e. The van der Waals surface area contributed by atoms with Crippen LogP contribution in [0.25, 0.3) is 0 Å². The molecule has 0 atom stereocenters. The number of benzene rings is 1. The number of nitrogens with one attached hydrogen (secondary N) is 1. The minimum absolute atomic E-state index is 0.125. The molecule has 2 aliphatic rings. The van der Waals surface area contributed by atoms with E-state index in [4.69, 9.17) is 19.8 Å². The third-order valence-electron chi connectivity index (χ3n) is 6.34. The molecule has 3 heterocycles. The number of anilines is 2. The van der Waals surface area contributed by atoms with Gasteiger partial charge >= 0.3 is 0 Å². The number of fused-ring (bicyclic) bond motifs is 1. The third kappa shape index (κ3) is 5.84. The highest BCUT2D eigenvalue weighted by Gasteiger charge is 2.24. The molecule has 1 N–H and O–H groups in total. The average Bonchev–Trinajstić information content (AvgIpc) is 3.41. The van der Waals surface area contributed by atoms with Crippen molar-refractivity contribution >= 4 is 17.2 Å². The van der Waals surface area contributed by atoms with Crippen molar-refractivity contribution in [2.75, 3.05) is 18.5 Å². The van der Waals surface area contributed by atoms with Crippen LogP contribution in [0.1, 0.15) is 36.0 Å². The number of rotatable bonds is 7. The van der Waals surface area contributed by atoms with E-state index in [2.05, 4.69) is 16.9 Å². The molecule has 2 aromatic heterocycles. The Balaban J connectivity index is 1.54. The molecule has 1 aliphatic carbocycles. The van der Waals surface area contributed by atoms with Gasteiger partial charge in [0.25, 0.3) is 0 Å². The smallest absolute Gasteiger partial charge is 0.182 e. The maximum absolute atomic E-state index is 14.9. The van der Waals surface area contributed by atoms with E-state index >= 15 is 0 Å². The lowest BCUT2D eigenvalue weighted by Crippen LogP contribution is -2.23. The molecular formula is C29H27F3N6O. The molecule has 1 aliphatic heterocycles. The minimum atomic E-state index is -0.726. The predicted octanol–water partition coefficient (Wildman–Crippen LogP) is 5.81. The van der Waals surface area contributed by atoms with Crippen molar-refractivity contribution in [3.63, 3.8) is 0 Å². The van der Waals surface area contributed by atoms with Gasteiger partial charge in [-0.2, -0.15) is 5.10 Å². The zero-order valence-electron chi connectivity index (χ0n) is 21.4. The largest absolute Gasteiger partial charge is 0.494 e. The molecule has 0 bridgehead atoms. The van der Waals surface area contributed by atoms with Crippen LogP contribution >= 0.6 is 0 Å². The van der Waals surface area contributed by atoms with E-state index in [1.807, 2.05) is 12.2 Å². The van der Waals surface area contributed by atoms with Gasteiger partial charge < -0.3 is 10.1 Å². The molecule has 0 radical (unpaired) electrons. The Morgan fingerprint density at radius 2 is 1.90 bits per heavy atom. The second-order valence-corrected chi connectivity index (χ2v) is 9.06. The number of halogens is 3. The fourth-order valence-electron chi connectivity index (χ4n) is 4.46. The number of nitrogens with zero attached hydrogens (tertiary/aromatic N) is 5. The summed E-state index contributed by atoms with van der Waals surface area (Å²) in [5.41, 5.74) is 2.71. The van der Waals surface area contributed by atoms with Crippen LogP contribution < -0.4 is 10.1 Å². The fraction of sp³-hybridized carbons (Fsp3) is 0.241. The van der Waals surface area contributed by atoms with Gasteiger partial charge in [0.15, 0.2) is 11.6 Å². The molecule has 1 aromatic carbocycles. The molecule has 5 rings (SSSR count). The van der Waals surface area contributed by atoms with Crippen molar-refractivity contribution in [2.45, 2.75) is 32.7 Å². The molecule has 0 saturated heterocycles. The molecule has 0 amide bonds. The van der Waals surface area contributed by atoms with Crippen LogP contribution in [0, 0.1) is 17.5 Å². The fourth-order valence-corrected chi connectivity index (χ4v) is 4.46. The van der Waals surface area contributed by atoms with Crippen molar-refractivity contribution < 1.29 is 17.9 Å². The highest BCUT2D eigenvalue weighted by Crippen LogP contribution is 2.30. The second-order valence-electron chi connectivity index (χ2n) is 9.06. The lowest BCUT2D eigenvalue weighted by molar-refractivity contribution is 0.297. The Morgan fingerprint density at radius 1 is 1.08 bits per heavy atom. The molecular weight excluding hydrogens is 505 g/mol. The highest BCUT2D eigenvalue weighted by molar-refractivity contribution is 6.11. The minimum Gasteiger partial charge on any atom is -0.494 e. The van der Waals surface area contributed by atoms with Crippen LogP contribution in [0.15, 0.2) is 72.2 Å². The van der Waals surface area contributed by atoms with Gasteiger partial charge in [0.1, 0.15) is 28.9 Å². The van der Waals surface area contributed by atoms with Gasteiger partial charge in [-0.05, 0) is 37.8 Å². The molecule has 0 unspecified atom stereocenters. The summed E-state index contributed by atoms with van der Waals surface area (Å²) in [7, 11) is 0.